The molecule has 0 radical (unpaired) electrons. The summed E-state index contributed by atoms with van der Waals surface area (Å²) >= 11 is 0. The van der Waals surface area contributed by atoms with Crippen molar-refractivity contribution in [3.05, 3.63) is 54.1 Å². The lowest BCUT2D eigenvalue weighted by atomic mass is 9.83. The topological polar surface area (TPSA) is 63.5 Å². The highest BCUT2D eigenvalue weighted by molar-refractivity contribution is 14.0. The van der Waals surface area contributed by atoms with Crippen molar-refractivity contribution in [3.63, 3.8) is 0 Å². The van der Waals surface area contributed by atoms with Crippen LogP contribution in [-0.4, -0.2) is 42.3 Å². The van der Waals surface area contributed by atoms with Crippen molar-refractivity contribution in [2.75, 3.05) is 26.8 Å². The number of aromatic nitrogens is 2. The molecule has 2 aromatic rings. The Kier molecular flexibility index (Phi) is 10.6. The van der Waals surface area contributed by atoms with Gasteiger partial charge < -0.3 is 19.9 Å². The van der Waals surface area contributed by atoms with Gasteiger partial charge in [-0.1, -0.05) is 37.1 Å². The first kappa shape index (κ1) is 24.7. The number of hydrogen-bond donors (Lipinski definition) is 2. The molecule has 1 fully saturated rings. The number of guanidine groups is 1. The Labute approximate surface area is 197 Å². The van der Waals surface area contributed by atoms with E-state index >= 15 is 0 Å². The van der Waals surface area contributed by atoms with E-state index in [0.29, 0.717) is 5.41 Å². The van der Waals surface area contributed by atoms with Crippen molar-refractivity contribution < 1.29 is 4.74 Å². The van der Waals surface area contributed by atoms with Gasteiger partial charge in [0.2, 0.25) is 0 Å². The predicted molar refractivity (Wildman–Crippen MR) is 133 cm³/mol. The Morgan fingerprint density at radius 1 is 1.23 bits per heavy atom. The third kappa shape index (κ3) is 7.58. The predicted octanol–water partition coefficient (Wildman–Crippen LogP) is 4.20. The van der Waals surface area contributed by atoms with Crippen molar-refractivity contribution in [1.29, 1.82) is 0 Å². The molecule has 7 heteroatoms. The van der Waals surface area contributed by atoms with Gasteiger partial charge in [0, 0.05) is 52.3 Å². The van der Waals surface area contributed by atoms with E-state index in [9.17, 15) is 0 Å². The van der Waals surface area contributed by atoms with Crippen LogP contribution >= 0.6 is 24.0 Å². The van der Waals surface area contributed by atoms with E-state index in [1.54, 1.807) is 0 Å². The molecule has 6 nitrogen and oxygen atoms in total. The summed E-state index contributed by atoms with van der Waals surface area (Å²) in [6.45, 7) is 6.27. The monoisotopic (exact) mass is 525 g/mol. The van der Waals surface area contributed by atoms with Crippen LogP contribution in [0.25, 0.3) is 0 Å². The largest absolute Gasteiger partial charge is 0.382 e. The molecule has 0 amide bonds. The van der Waals surface area contributed by atoms with Gasteiger partial charge in [-0.15, -0.1) is 24.0 Å². The summed E-state index contributed by atoms with van der Waals surface area (Å²) in [5.41, 5.74) is 2.86. The highest BCUT2D eigenvalue weighted by Crippen LogP contribution is 2.40. The molecule has 1 aliphatic rings. The first-order valence-corrected chi connectivity index (χ1v) is 10.8. The molecule has 1 heterocycles. The maximum absolute atomic E-state index is 5.63. The first-order chi connectivity index (χ1) is 14.2. The maximum Gasteiger partial charge on any atom is 0.191 e. The van der Waals surface area contributed by atoms with Crippen molar-refractivity contribution in [2.24, 2.45) is 10.4 Å². The number of benzene rings is 1. The summed E-state index contributed by atoms with van der Waals surface area (Å²) in [6.07, 6.45) is 12.0. The maximum atomic E-state index is 5.63. The number of nitrogens with one attached hydrogen (secondary N) is 2. The molecule has 0 saturated heterocycles. The average molecular weight is 525 g/mol. The van der Waals surface area contributed by atoms with Crippen LogP contribution in [0, 0.1) is 5.41 Å². The first-order valence-electron chi connectivity index (χ1n) is 10.8. The van der Waals surface area contributed by atoms with E-state index in [2.05, 4.69) is 56.4 Å². The second-order valence-electron chi connectivity index (χ2n) is 7.99. The molecule has 166 valence electrons. The van der Waals surface area contributed by atoms with E-state index in [4.69, 9.17) is 4.74 Å². The zero-order valence-corrected chi connectivity index (χ0v) is 20.6. The van der Waals surface area contributed by atoms with E-state index in [1.165, 1.54) is 36.8 Å². The van der Waals surface area contributed by atoms with Gasteiger partial charge in [0.05, 0.1) is 6.33 Å². The molecule has 1 aliphatic carbocycles. The Bertz CT molecular complexity index is 757. The molecule has 1 aromatic carbocycles. The zero-order valence-electron chi connectivity index (χ0n) is 18.3. The minimum atomic E-state index is 0. The highest BCUT2D eigenvalue weighted by Gasteiger charge is 2.33. The third-order valence-corrected chi connectivity index (χ3v) is 5.88. The molecule has 30 heavy (non-hydrogen) atoms. The number of ether oxygens (including phenoxy) is 1. The van der Waals surface area contributed by atoms with Gasteiger partial charge in [-0.3, -0.25) is 4.99 Å². The number of halogens is 1. The minimum absolute atomic E-state index is 0. The number of aliphatic imine (C=N–C) groups is 1. The molecule has 0 aliphatic heterocycles. The standard InChI is InChI=1S/C23H35N5O.HI/c1-3-29-14-11-23(9-4-5-10-23)18-27-22(24-2)26-16-20-7-6-8-21(15-20)17-28-13-12-25-19-28;/h6-8,12-13,15,19H,3-5,9-11,14,16-18H2,1-2H3,(H2,24,26,27);1H. The van der Waals surface area contributed by atoms with Gasteiger partial charge >= 0.3 is 0 Å². The van der Waals surface area contributed by atoms with Crippen molar-refractivity contribution in [1.82, 2.24) is 20.2 Å². The number of rotatable bonds is 10. The van der Waals surface area contributed by atoms with Crippen LogP contribution in [0.15, 0.2) is 48.0 Å². The molecular formula is C23H36IN5O. The summed E-state index contributed by atoms with van der Waals surface area (Å²) < 4.78 is 7.71. The van der Waals surface area contributed by atoms with Crippen LogP contribution in [0.1, 0.15) is 50.2 Å². The normalized spacial score (nSPS) is 15.6. The Hall–Kier alpha value is -1.61. The molecular weight excluding hydrogens is 489 g/mol. The summed E-state index contributed by atoms with van der Waals surface area (Å²) in [7, 11) is 1.84. The van der Waals surface area contributed by atoms with Gasteiger partial charge in [0.15, 0.2) is 5.96 Å². The summed E-state index contributed by atoms with van der Waals surface area (Å²) in [6, 6.07) is 8.65. The lowest BCUT2D eigenvalue weighted by Gasteiger charge is -2.30. The molecule has 0 atom stereocenters. The van der Waals surface area contributed by atoms with Gasteiger partial charge in [0.25, 0.3) is 0 Å². The van der Waals surface area contributed by atoms with Crippen LogP contribution < -0.4 is 10.6 Å². The second-order valence-corrected chi connectivity index (χ2v) is 7.99. The zero-order chi connectivity index (χ0) is 20.4. The minimum Gasteiger partial charge on any atom is -0.382 e. The van der Waals surface area contributed by atoms with Gasteiger partial charge in [-0.25, -0.2) is 4.98 Å². The Morgan fingerprint density at radius 2 is 2.03 bits per heavy atom. The summed E-state index contributed by atoms with van der Waals surface area (Å²) in [5.74, 6) is 0.868. The Balaban J connectivity index is 0.00000320. The van der Waals surface area contributed by atoms with Gasteiger partial charge in [0.1, 0.15) is 0 Å². The lowest BCUT2D eigenvalue weighted by Crippen LogP contribution is -2.43. The Morgan fingerprint density at radius 3 is 2.73 bits per heavy atom. The van der Waals surface area contributed by atoms with E-state index < -0.39 is 0 Å². The van der Waals surface area contributed by atoms with Crippen molar-refractivity contribution in [2.45, 2.75) is 52.1 Å². The molecule has 1 saturated carbocycles. The average Bonchev–Trinajstić information content (AvgIpc) is 3.41. The van der Waals surface area contributed by atoms with Crippen LogP contribution in [0.3, 0.4) is 0 Å². The smallest absolute Gasteiger partial charge is 0.191 e. The van der Waals surface area contributed by atoms with Gasteiger partial charge in [-0.05, 0) is 42.7 Å². The lowest BCUT2D eigenvalue weighted by molar-refractivity contribution is 0.105. The van der Waals surface area contributed by atoms with Crippen molar-refractivity contribution in [3.8, 4) is 0 Å². The fourth-order valence-corrected chi connectivity index (χ4v) is 4.18. The number of nitrogens with zero attached hydrogens (tertiary/aromatic N) is 3. The fraction of sp³-hybridized carbons (Fsp3) is 0.565. The summed E-state index contributed by atoms with van der Waals surface area (Å²) in [4.78, 5) is 8.54. The van der Waals surface area contributed by atoms with Crippen LogP contribution in [-0.2, 0) is 17.8 Å². The molecule has 0 spiro atoms. The molecule has 3 rings (SSSR count). The van der Waals surface area contributed by atoms with E-state index in [0.717, 1.165) is 45.2 Å². The number of imidazole rings is 1. The molecule has 2 N–H and O–H groups in total. The van der Waals surface area contributed by atoms with E-state index in [1.807, 2.05) is 25.8 Å². The SMILES string of the molecule is CCOCCC1(CNC(=NC)NCc2cccc(Cn3ccnc3)c2)CCCC1.I. The molecule has 0 unspecified atom stereocenters. The molecule has 1 aromatic heterocycles. The second kappa shape index (κ2) is 12.9. The summed E-state index contributed by atoms with van der Waals surface area (Å²) in [5, 5.41) is 7.04. The number of hydrogen-bond acceptors (Lipinski definition) is 3. The fourth-order valence-electron chi connectivity index (χ4n) is 4.18. The highest BCUT2D eigenvalue weighted by atomic mass is 127. The van der Waals surface area contributed by atoms with Gasteiger partial charge in [-0.2, -0.15) is 0 Å². The van der Waals surface area contributed by atoms with Crippen molar-refractivity contribution >= 4 is 29.9 Å². The van der Waals surface area contributed by atoms with Crippen LogP contribution in [0.5, 0.6) is 0 Å². The van der Waals surface area contributed by atoms with Crippen LogP contribution in [0.4, 0.5) is 0 Å². The van der Waals surface area contributed by atoms with E-state index in [-0.39, 0.29) is 24.0 Å². The van der Waals surface area contributed by atoms with Crippen LogP contribution in [0.2, 0.25) is 0 Å². The molecule has 0 bridgehead atoms. The quantitative estimate of drug-likeness (QED) is 0.211. The third-order valence-electron chi connectivity index (χ3n) is 5.88.